The average molecular weight is 284 g/mol. The zero-order valence-electron chi connectivity index (χ0n) is 11.1. The van der Waals surface area contributed by atoms with Crippen LogP contribution in [0.4, 0.5) is 0 Å². The van der Waals surface area contributed by atoms with E-state index in [4.69, 9.17) is 21.1 Å². The molecular formula is C14H18ClNO3. The molecule has 2 rings (SSSR count). The molecule has 1 aromatic carbocycles. The van der Waals surface area contributed by atoms with Crippen molar-refractivity contribution in [2.45, 2.75) is 20.0 Å². The Morgan fingerprint density at radius 1 is 1.42 bits per heavy atom. The second-order valence-electron chi connectivity index (χ2n) is 5.23. The zero-order valence-corrected chi connectivity index (χ0v) is 11.9. The molecule has 1 heterocycles. The van der Waals surface area contributed by atoms with E-state index in [2.05, 4.69) is 5.32 Å². The lowest BCUT2D eigenvalue weighted by atomic mass is 9.95. The summed E-state index contributed by atoms with van der Waals surface area (Å²) in [6.45, 7) is 4.46. The number of nitrogens with one attached hydrogen (secondary N) is 1. The largest absolute Gasteiger partial charge is 0.486 e. The number of benzene rings is 1. The second-order valence-corrected chi connectivity index (χ2v) is 5.49. The lowest BCUT2D eigenvalue weighted by Gasteiger charge is -2.28. The van der Waals surface area contributed by atoms with Gasteiger partial charge in [-0.25, -0.2) is 0 Å². The van der Waals surface area contributed by atoms with Crippen LogP contribution in [0.3, 0.4) is 0 Å². The molecule has 0 spiro atoms. The topological polar surface area (TPSA) is 47.6 Å². The molecule has 1 amide bonds. The second kappa shape index (κ2) is 5.70. The standard InChI is InChI=1S/C14H18ClNO3/c1-14(2,9-15)13(17)16-7-10-8-18-11-5-3-4-6-12(11)19-10/h3-6,10H,7-9H2,1-2H3,(H,16,17). The maximum Gasteiger partial charge on any atom is 0.226 e. The van der Waals surface area contributed by atoms with Gasteiger partial charge < -0.3 is 14.8 Å². The molecule has 0 saturated heterocycles. The molecule has 0 fully saturated rings. The third-order valence-electron chi connectivity index (χ3n) is 3.01. The fraction of sp³-hybridized carbons (Fsp3) is 0.500. The summed E-state index contributed by atoms with van der Waals surface area (Å²) in [6, 6.07) is 7.50. The molecule has 1 unspecified atom stereocenters. The minimum Gasteiger partial charge on any atom is -0.486 e. The Bertz CT molecular complexity index is 462. The van der Waals surface area contributed by atoms with Gasteiger partial charge in [0, 0.05) is 5.88 Å². The van der Waals surface area contributed by atoms with Crippen molar-refractivity contribution in [2.75, 3.05) is 19.0 Å². The van der Waals surface area contributed by atoms with Crippen molar-refractivity contribution in [3.8, 4) is 11.5 Å². The summed E-state index contributed by atoms with van der Waals surface area (Å²) in [6.07, 6.45) is -0.176. The van der Waals surface area contributed by atoms with Gasteiger partial charge in [-0.2, -0.15) is 0 Å². The van der Waals surface area contributed by atoms with Gasteiger partial charge in [-0.3, -0.25) is 4.79 Å². The maximum atomic E-state index is 11.9. The normalized spacial score (nSPS) is 17.9. The van der Waals surface area contributed by atoms with Crippen molar-refractivity contribution in [3.05, 3.63) is 24.3 Å². The van der Waals surface area contributed by atoms with Crippen LogP contribution in [0.15, 0.2) is 24.3 Å². The van der Waals surface area contributed by atoms with Gasteiger partial charge in [0.05, 0.1) is 12.0 Å². The number of rotatable bonds is 4. The molecule has 5 heteroatoms. The zero-order chi connectivity index (χ0) is 13.9. The molecule has 1 aliphatic rings. The number of carbonyl (C=O) groups is 1. The Morgan fingerprint density at radius 2 is 2.11 bits per heavy atom. The van der Waals surface area contributed by atoms with E-state index >= 15 is 0 Å². The van der Waals surface area contributed by atoms with Crippen LogP contribution in [0.1, 0.15) is 13.8 Å². The van der Waals surface area contributed by atoms with Gasteiger partial charge in [0.1, 0.15) is 12.7 Å². The summed E-state index contributed by atoms with van der Waals surface area (Å²) < 4.78 is 11.3. The first-order valence-electron chi connectivity index (χ1n) is 6.25. The van der Waals surface area contributed by atoms with E-state index in [0.29, 0.717) is 18.9 Å². The first kappa shape index (κ1) is 14.0. The van der Waals surface area contributed by atoms with Gasteiger partial charge >= 0.3 is 0 Å². The molecule has 0 bridgehead atoms. The Kier molecular flexibility index (Phi) is 4.20. The minimum absolute atomic E-state index is 0.0787. The third-order valence-corrected chi connectivity index (χ3v) is 3.67. The van der Waals surface area contributed by atoms with Crippen LogP contribution in [0.25, 0.3) is 0 Å². The fourth-order valence-electron chi connectivity index (χ4n) is 1.67. The number of para-hydroxylation sites is 2. The summed E-state index contributed by atoms with van der Waals surface area (Å²) >= 11 is 5.76. The first-order chi connectivity index (χ1) is 9.03. The molecule has 1 aliphatic heterocycles. The number of alkyl halides is 1. The highest BCUT2D eigenvalue weighted by molar-refractivity contribution is 6.19. The number of ether oxygens (including phenoxy) is 2. The Balaban J connectivity index is 1.88. The fourth-order valence-corrected chi connectivity index (χ4v) is 1.79. The van der Waals surface area contributed by atoms with Crippen LogP contribution >= 0.6 is 11.6 Å². The molecular weight excluding hydrogens is 266 g/mol. The Morgan fingerprint density at radius 3 is 2.79 bits per heavy atom. The van der Waals surface area contributed by atoms with Crippen molar-refractivity contribution in [1.82, 2.24) is 5.32 Å². The van der Waals surface area contributed by atoms with E-state index in [1.807, 2.05) is 38.1 Å². The first-order valence-corrected chi connectivity index (χ1v) is 6.79. The predicted molar refractivity (Wildman–Crippen MR) is 73.9 cm³/mol. The maximum absolute atomic E-state index is 11.9. The molecule has 0 radical (unpaired) electrons. The van der Waals surface area contributed by atoms with Gasteiger partial charge in [-0.1, -0.05) is 12.1 Å². The highest BCUT2D eigenvalue weighted by atomic mass is 35.5. The van der Waals surface area contributed by atoms with Crippen LogP contribution in [0.5, 0.6) is 11.5 Å². The quantitative estimate of drug-likeness (QED) is 0.862. The number of amides is 1. The number of hydrogen-bond acceptors (Lipinski definition) is 3. The highest BCUT2D eigenvalue weighted by Crippen LogP contribution is 2.30. The van der Waals surface area contributed by atoms with Crippen LogP contribution in [-0.2, 0) is 4.79 Å². The monoisotopic (exact) mass is 283 g/mol. The van der Waals surface area contributed by atoms with Crippen molar-refractivity contribution < 1.29 is 14.3 Å². The predicted octanol–water partition coefficient (Wildman–Crippen LogP) is 2.21. The van der Waals surface area contributed by atoms with E-state index in [-0.39, 0.29) is 17.9 Å². The van der Waals surface area contributed by atoms with E-state index < -0.39 is 5.41 Å². The van der Waals surface area contributed by atoms with Crippen molar-refractivity contribution in [3.63, 3.8) is 0 Å². The lowest BCUT2D eigenvalue weighted by molar-refractivity contribution is -0.128. The molecule has 19 heavy (non-hydrogen) atoms. The lowest BCUT2D eigenvalue weighted by Crippen LogP contribution is -2.45. The molecule has 1 aromatic rings. The van der Waals surface area contributed by atoms with Gasteiger partial charge in [-0.05, 0) is 26.0 Å². The molecule has 104 valence electrons. The number of carbonyl (C=O) groups excluding carboxylic acids is 1. The Labute approximate surface area is 118 Å². The molecule has 1 atom stereocenters. The molecule has 0 aromatic heterocycles. The highest BCUT2D eigenvalue weighted by Gasteiger charge is 2.28. The number of fused-ring (bicyclic) bond motifs is 1. The summed E-state index contributed by atoms with van der Waals surface area (Å²) in [5, 5.41) is 2.85. The molecule has 4 nitrogen and oxygen atoms in total. The van der Waals surface area contributed by atoms with E-state index in [1.165, 1.54) is 0 Å². The van der Waals surface area contributed by atoms with Crippen LogP contribution in [0.2, 0.25) is 0 Å². The summed E-state index contributed by atoms with van der Waals surface area (Å²) in [5.41, 5.74) is -0.574. The van der Waals surface area contributed by atoms with Crippen molar-refractivity contribution in [1.29, 1.82) is 0 Å². The smallest absolute Gasteiger partial charge is 0.226 e. The summed E-state index contributed by atoms with van der Waals surface area (Å²) in [4.78, 5) is 11.9. The summed E-state index contributed by atoms with van der Waals surface area (Å²) in [7, 11) is 0. The van der Waals surface area contributed by atoms with E-state index in [9.17, 15) is 4.79 Å². The van der Waals surface area contributed by atoms with Gasteiger partial charge in [0.2, 0.25) is 5.91 Å². The van der Waals surface area contributed by atoms with E-state index in [0.717, 1.165) is 5.75 Å². The van der Waals surface area contributed by atoms with Crippen molar-refractivity contribution >= 4 is 17.5 Å². The van der Waals surface area contributed by atoms with Crippen LogP contribution in [0, 0.1) is 5.41 Å². The minimum atomic E-state index is -0.574. The van der Waals surface area contributed by atoms with Gasteiger partial charge in [0.15, 0.2) is 11.5 Å². The summed E-state index contributed by atoms with van der Waals surface area (Å²) in [5.74, 6) is 1.66. The molecule has 0 aliphatic carbocycles. The molecule has 0 saturated carbocycles. The SMILES string of the molecule is CC(C)(CCl)C(=O)NCC1COc2ccccc2O1. The van der Waals surface area contributed by atoms with Crippen LogP contribution < -0.4 is 14.8 Å². The van der Waals surface area contributed by atoms with E-state index in [1.54, 1.807) is 0 Å². The third kappa shape index (κ3) is 3.32. The van der Waals surface area contributed by atoms with Crippen LogP contribution in [-0.4, -0.2) is 31.0 Å². The van der Waals surface area contributed by atoms with Crippen molar-refractivity contribution in [2.24, 2.45) is 5.41 Å². The number of hydrogen-bond donors (Lipinski definition) is 1. The van der Waals surface area contributed by atoms with Gasteiger partial charge in [-0.15, -0.1) is 11.6 Å². The molecule has 1 N–H and O–H groups in total. The number of halogens is 1. The average Bonchev–Trinajstić information content (AvgIpc) is 2.44. The van der Waals surface area contributed by atoms with Gasteiger partial charge in [0.25, 0.3) is 0 Å². The Hall–Kier alpha value is -1.42.